The van der Waals surface area contributed by atoms with Gasteiger partial charge >= 0.3 is 0 Å². The van der Waals surface area contributed by atoms with Crippen molar-refractivity contribution >= 4 is 10.8 Å². The van der Waals surface area contributed by atoms with Crippen LogP contribution in [0.15, 0.2) is 36.4 Å². The van der Waals surface area contributed by atoms with E-state index in [0.717, 1.165) is 6.42 Å². The summed E-state index contributed by atoms with van der Waals surface area (Å²) in [5, 5.41) is 2.45. The van der Waals surface area contributed by atoms with E-state index in [1.165, 1.54) is 16.3 Å². The van der Waals surface area contributed by atoms with Crippen LogP contribution in [-0.2, 0) is 6.42 Å². The molecule has 2 radical (unpaired) electrons. The maximum atomic E-state index is 3.89. The van der Waals surface area contributed by atoms with E-state index >= 15 is 0 Å². The zero-order valence-corrected chi connectivity index (χ0v) is 6.88. The predicted molar refractivity (Wildman–Crippen MR) is 51.8 cm³/mol. The van der Waals surface area contributed by atoms with Crippen molar-refractivity contribution < 1.29 is 0 Å². The van der Waals surface area contributed by atoms with Gasteiger partial charge in [-0.15, -0.1) is 0 Å². The number of rotatable bonds is 1. The Bertz CT molecular complexity index is 383. The Kier molecular flexibility index (Phi) is 1.83. The number of hydrogen-bond donors (Lipinski definition) is 0. The second-order valence-corrected chi connectivity index (χ2v) is 2.80. The maximum absolute atomic E-state index is 3.89. The lowest BCUT2D eigenvalue weighted by Gasteiger charge is -2.01. The molecule has 0 nitrogen and oxygen atoms in total. The Balaban J connectivity index is 2.79. The average molecular weight is 154 g/mol. The standard InChI is InChI=1S/C12H10/c1-2-10-7-5-8-11-6-3-4-9-12(10)11/h3-7,9H,1-2H2. The molecule has 0 aromatic heterocycles. The van der Waals surface area contributed by atoms with Gasteiger partial charge in [-0.2, -0.15) is 0 Å². The molecule has 0 aliphatic rings. The lowest BCUT2D eigenvalue weighted by Crippen LogP contribution is -1.82. The van der Waals surface area contributed by atoms with Gasteiger partial charge in [-0.25, -0.2) is 0 Å². The van der Waals surface area contributed by atoms with Gasteiger partial charge in [0.25, 0.3) is 0 Å². The molecular weight excluding hydrogens is 144 g/mol. The molecule has 12 heavy (non-hydrogen) atoms. The van der Waals surface area contributed by atoms with Crippen molar-refractivity contribution in [2.24, 2.45) is 0 Å². The molecule has 2 rings (SSSR count). The molecule has 0 fully saturated rings. The highest BCUT2D eigenvalue weighted by molar-refractivity contribution is 5.85. The third-order valence-electron chi connectivity index (χ3n) is 2.07. The molecule has 0 aliphatic carbocycles. The summed E-state index contributed by atoms with van der Waals surface area (Å²) in [5.41, 5.74) is 1.30. The van der Waals surface area contributed by atoms with E-state index in [1.54, 1.807) is 0 Å². The number of hydrogen-bond acceptors (Lipinski definition) is 0. The highest BCUT2D eigenvalue weighted by Gasteiger charge is 1.95. The van der Waals surface area contributed by atoms with Crippen LogP contribution in [-0.4, -0.2) is 0 Å². The molecule has 0 N–H and O–H groups in total. The highest BCUT2D eigenvalue weighted by Crippen LogP contribution is 2.17. The fraction of sp³-hybridized carbons (Fsp3) is 0.0833. The van der Waals surface area contributed by atoms with Gasteiger partial charge in [0.15, 0.2) is 0 Å². The van der Waals surface area contributed by atoms with Crippen molar-refractivity contribution in [3.05, 3.63) is 55.0 Å². The summed E-state index contributed by atoms with van der Waals surface area (Å²) < 4.78 is 0. The van der Waals surface area contributed by atoms with E-state index in [1.807, 2.05) is 12.1 Å². The highest BCUT2D eigenvalue weighted by atomic mass is 14.0. The van der Waals surface area contributed by atoms with Crippen LogP contribution in [0.2, 0.25) is 0 Å². The van der Waals surface area contributed by atoms with Gasteiger partial charge in [-0.1, -0.05) is 36.4 Å². The van der Waals surface area contributed by atoms with Crippen LogP contribution in [0.3, 0.4) is 0 Å². The Morgan fingerprint density at radius 1 is 1.17 bits per heavy atom. The zero-order valence-electron chi connectivity index (χ0n) is 6.88. The summed E-state index contributed by atoms with van der Waals surface area (Å²) in [6.45, 7) is 3.89. The average Bonchev–Trinajstić information content (AvgIpc) is 2.17. The lowest BCUT2D eigenvalue weighted by atomic mass is 10.0. The Labute approximate surface area is 72.8 Å². The van der Waals surface area contributed by atoms with E-state index < -0.39 is 0 Å². The fourth-order valence-electron chi connectivity index (χ4n) is 1.43. The van der Waals surface area contributed by atoms with Gasteiger partial charge in [0.1, 0.15) is 0 Å². The SMILES string of the molecule is [CH2]Cc1cc[c]c2ccccc12. The largest absolute Gasteiger partial charge is 0.0616 e. The molecule has 2 aromatic carbocycles. The molecule has 58 valence electrons. The van der Waals surface area contributed by atoms with Gasteiger partial charge in [0, 0.05) is 0 Å². The summed E-state index contributed by atoms with van der Waals surface area (Å²) >= 11 is 0. The van der Waals surface area contributed by atoms with Crippen LogP contribution in [0.4, 0.5) is 0 Å². The smallest absolute Gasteiger partial charge is 0.00990 e. The first-order valence-electron chi connectivity index (χ1n) is 4.09. The van der Waals surface area contributed by atoms with Crippen molar-refractivity contribution in [3.8, 4) is 0 Å². The number of fused-ring (bicyclic) bond motifs is 1. The summed E-state index contributed by atoms with van der Waals surface area (Å²) in [6, 6.07) is 15.5. The van der Waals surface area contributed by atoms with Crippen molar-refractivity contribution in [3.63, 3.8) is 0 Å². The van der Waals surface area contributed by atoms with Crippen LogP contribution in [0.5, 0.6) is 0 Å². The molecular formula is C12H10. The van der Waals surface area contributed by atoms with Gasteiger partial charge in [0.05, 0.1) is 0 Å². The first-order valence-corrected chi connectivity index (χ1v) is 4.09. The zero-order chi connectivity index (χ0) is 8.39. The van der Waals surface area contributed by atoms with E-state index in [4.69, 9.17) is 0 Å². The molecule has 0 unspecified atom stereocenters. The van der Waals surface area contributed by atoms with Gasteiger partial charge < -0.3 is 0 Å². The minimum Gasteiger partial charge on any atom is -0.0616 e. The molecule has 0 heteroatoms. The van der Waals surface area contributed by atoms with Crippen molar-refractivity contribution in [1.29, 1.82) is 0 Å². The third kappa shape index (κ3) is 1.10. The predicted octanol–water partition coefficient (Wildman–Crippen LogP) is 3.02. The summed E-state index contributed by atoms with van der Waals surface area (Å²) in [7, 11) is 0. The monoisotopic (exact) mass is 154 g/mol. The Morgan fingerprint density at radius 3 is 2.83 bits per heavy atom. The van der Waals surface area contributed by atoms with Gasteiger partial charge in [-0.3, -0.25) is 0 Å². The quantitative estimate of drug-likeness (QED) is 0.592. The van der Waals surface area contributed by atoms with E-state index in [0.29, 0.717) is 0 Å². The van der Waals surface area contributed by atoms with Crippen molar-refractivity contribution in [2.75, 3.05) is 0 Å². The topological polar surface area (TPSA) is 0 Å². The summed E-state index contributed by atoms with van der Waals surface area (Å²) in [5.74, 6) is 0. The van der Waals surface area contributed by atoms with Crippen LogP contribution in [0.25, 0.3) is 10.8 Å². The molecule has 2 aromatic rings. The molecule has 0 saturated heterocycles. The van der Waals surface area contributed by atoms with Crippen molar-refractivity contribution in [1.82, 2.24) is 0 Å². The fourth-order valence-corrected chi connectivity index (χ4v) is 1.43. The lowest BCUT2D eigenvalue weighted by molar-refractivity contribution is 1.30. The van der Waals surface area contributed by atoms with Crippen molar-refractivity contribution in [2.45, 2.75) is 6.42 Å². The molecule has 0 bridgehead atoms. The van der Waals surface area contributed by atoms with Gasteiger partial charge in [0.2, 0.25) is 0 Å². The number of benzene rings is 2. The molecule has 0 amide bonds. The van der Waals surface area contributed by atoms with Gasteiger partial charge in [-0.05, 0) is 35.7 Å². The normalized spacial score (nSPS) is 10.4. The maximum Gasteiger partial charge on any atom is -0.00990 e. The van der Waals surface area contributed by atoms with Crippen LogP contribution >= 0.6 is 0 Å². The second kappa shape index (κ2) is 2.98. The van der Waals surface area contributed by atoms with E-state index in [-0.39, 0.29) is 0 Å². The Morgan fingerprint density at radius 2 is 2.00 bits per heavy atom. The molecule has 0 heterocycles. The molecule has 0 atom stereocenters. The molecule has 0 saturated carbocycles. The first-order chi connectivity index (χ1) is 5.92. The Hall–Kier alpha value is -1.30. The minimum atomic E-state index is 0.842. The van der Waals surface area contributed by atoms with E-state index in [2.05, 4.69) is 37.3 Å². The third-order valence-corrected chi connectivity index (χ3v) is 2.07. The van der Waals surface area contributed by atoms with E-state index in [9.17, 15) is 0 Å². The summed E-state index contributed by atoms with van der Waals surface area (Å²) in [4.78, 5) is 0. The minimum absolute atomic E-state index is 0.842. The van der Waals surface area contributed by atoms with Crippen LogP contribution < -0.4 is 0 Å². The summed E-state index contributed by atoms with van der Waals surface area (Å²) in [6.07, 6.45) is 0.842. The van der Waals surface area contributed by atoms with Crippen LogP contribution in [0, 0.1) is 13.0 Å². The second-order valence-electron chi connectivity index (χ2n) is 2.80. The van der Waals surface area contributed by atoms with Crippen LogP contribution in [0.1, 0.15) is 5.56 Å². The first kappa shape index (κ1) is 7.35. The molecule has 0 spiro atoms. The molecule has 0 aliphatic heterocycles.